The maximum absolute atomic E-state index is 15.2. The summed E-state index contributed by atoms with van der Waals surface area (Å²) in [5.41, 5.74) is 1.69. The number of imidazole rings is 1. The molecule has 4 heterocycles. The van der Waals surface area contributed by atoms with Crippen molar-refractivity contribution in [3.05, 3.63) is 58.2 Å². The molecule has 14 heteroatoms. The van der Waals surface area contributed by atoms with Crippen molar-refractivity contribution >= 4 is 23.5 Å². The minimum absolute atomic E-state index is 0.136. The lowest BCUT2D eigenvalue weighted by Gasteiger charge is -2.23. The lowest BCUT2D eigenvalue weighted by atomic mass is 10.0. The number of ether oxygens (including phenoxy) is 3. The van der Waals surface area contributed by atoms with Crippen molar-refractivity contribution in [2.45, 2.75) is 32.6 Å². The molecule has 2 aliphatic rings. The summed E-state index contributed by atoms with van der Waals surface area (Å²) in [6.45, 7) is 3.87. The molecule has 198 valence electrons. The summed E-state index contributed by atoms with van der Waals surface area (Å²) < 4.78 is 33.2. The van der Waals surface area contributed by atoms with Crippen molar-refractivity contribution in [1.29, 1.82) is 0 Å². The highest BCUT2D eigenvalue weighted by Gasteiger charge is 2.33. The molecule has 0 spiro atoms. The molecule has 13 nitrogen and oxygen atoms in total. The van der Waals surface area contributed by atoms with Crippen molar-refractivity contribution in [3.63, 3.8) is 0 Å². The smallest absolute Gasteiger partial charge is 0.414 e. The Bertz CT molecular complexity index is 1430. The van der Waals surface area contributed by atoms with Crippen molar-refractivity contribution < 1.29 is 33.1 Å². The molecule has 1 aromatic carbocycles. The van der Waals surface area contributed by atoms with Crippen molar-refractivity contribution in [2.75, 3.05) is 24.6 Å². The number of aromatic nitrogens is 3. The van der Waals surface area contributed by atoms with E-state index in [4.69, 9.17) is 14.2 Å². The van der Waals surface area contributed by atoms with Gasteiger partial charge in [0.1, 0.15) is 24.7 Å². The lowest BCUT2D eigenvalue weighted by molar-refractivity contribution is -0.389. The first kappa shape index (κ1) is 24.9. The van der Waals surface area contributed by atoms with Crippen LogP contribution in [0, 0.1) is 22.9 Å². The predicted octanol–water partition coefficient (Wildman–Crippen LogP) is 2.60. The van der Waals surface area contributed by atoms with Gasteiger partial charge < -0.3 is 29.6 Å². The van der Waals surface area contributed by atoms with E-state index in [-0.39, 0.29) is 37.4 Å². The van der Waals surface area contributed by atoms with Crippen LogP contribution in [0.3, 0.4) is 0 Å². The summed E-state index contributed by atoms with van der Waals surface area (Å²) in [4.78, 5) is 43.2. The number of aryl methyl sites for hydroxylation is 1. The Hall–Kier alpha value is -4.75. The maximum Gasteiger partial charge on any atom is 0.414 e. The van der Waals surface area contributed by atoms with E-state index in [1.54, 1.807) is 31.2 Å². The third-order valence-electron chi connectivity index (χ3n) is 6.07. The number of anilines is 1. The molecule has 5 rings (SSSR count). The number of carbonyl (C=O) groups excluding carboxylic acids is 2. The van der Waals surface area contributed by atoms with Gasteiger partial charge in [-0.3, -0.25) is 14.3 Å². The predicted molar refractivity (Wildman–Crippen MR) is 129 cm³/mol. The van der Waals surface area contributed by atoms with Crippen molar-refractivity contribution in [3.8, 4) is 23.0 Å². The fourth-order valence-corrected chi connectivity index (χ4v) is 4.28. The molecule has 2 amide bonds. The van der Waals surface area contributed by atoms with Gasteiger partial charge in [0.05, 0.1) is 25.3 Å². The molecule has 0 bridgehead atoms. The van der Waals surface area contributed by atoms with Gasteiger partial charge in [-0.15, -0.1) is 0 Å². The van der Waals surface area contributed by atoms with Gasteiger partial charge in [-0.25, -0.2) is 14.2 Å². The number of hydrogen-bond donors (Lipinski definition) is 1. The highest BCUT2D eigenvalue weighted by atomic mass is 19.1. The minimum Gasteiger partial charge on any atom is -0.469 e. The number of amides is 2. The number of fused-ring (bicyclic) bond motifs is 1. The summed E-state index contributed by atoms with van der Waals surface area (Å²) in [5.74, 6) is -0.798. The molecule has 0 unspecified atom stereocenters. The number of pyridine rings is 1. The number of nitro groups is 1. The van der Waals surface area contributed by atoms with Gasteiger partial charge in [0.25, 0.3) is 0 Å². The summed E-state index contributed by atoms with van der Waals surface area (Å²) >= 11 is 0. The second-order valence-electron chi connectivity index (χ2n) is 8.84. The Labute approximate surface area is 215 Å². The lowest BCUT2D eigenvalue weighted by Crippen LogP contribution is -2.34. The zero-order valence-corrected chi connectivity index (χ0v) is 20.4. The van der Waals surface area contributed by atoms with E-state index in [1.165, 1.54) is 28.7 Å². The summed E-state index contributed by atoms with van der Waals surface area (Å²) in [5, 5.41) is 13.5. The molecule has 2 atom stereocenters. The third-order valence-corrected chi connectivity index (χ3v) is 6.07. The number of hydrogen-bond acceptors (Lipinski definition) is 9. The average molecular weight is 526 g/mol. The van der Waals surface area contributed by atoms with Crippen molar-refractivity contribution in [2.24, 2.45) is 0 Å². The molecule has 0 saturated carbocycles. The Morgan fingerprint density at radius 2 is 2.05 bits per heavy atom. The van der Waals surface area contributed by atoms with Crippen LogP contribution in [0.2, 0.25) is 0 Å². The Balaban J connectivity index is 1.27. The van der Waals surface area contributed by atoms with Crippen LogP contribution in [0.5, 0.6) is 11.9 Å². The Morgan fingerprint density at radius 3 is 2.76 bits per heavy atom. The Morgan fingerprint density at radius 1 is 1.26 bits per heavy atom. The van der Waals surface area contributed by atoms with Gasteiger partial charge in [-0.05, 0) is 36.1 Å². The van der Waals surface area contributed by atoms with E-state index in [2.05, 4.69) is 15.3 Å². The zero-order valence-electron chi connectivity index (χ0n) is 20.4. The van der Waals surface area contributed by atoms with E-state index < -0.39 is 29.0 Å². The quantitative estimate of drug-likeness (QED) is 0.362. The highest BCUT2D eigenvalue weighted by Crippen LogP contribution is 2.32. The zero-order chi connectivity index (χ0) is 27.0. The molecular formula is C24H23FN6O7. The number of cyclic esters (lactones) is 1. The molecule has 0 aliphatic carbocycles. The normalized spacial score (nSPS) is 18.4. The van der Waals surface area contributed by atoms with Crippen LogP contribution in [-0.4, -0.2) is 63.4 Å². The molecule has 1 N–H and O–H groups in total. The summed E-state index contributed by atoms with van der Waals surface area (Å²) in [6, 6.07) is 7.87. The maximum atomic E-state index is 15.2. The number of halogens is 1. The van der Waals surface area contributed by atoms with Crippen LogP contribution >= 0.6 is 0 Å². The van der Waals surface area contributed by atoms with Crippen LogP contribution in [-0.2, 0) is 16.1 Å². The highest BCUT2D eigenvalue weighted by molar-refractivity contribution is 5.90. The van der Waals surface area contributed by atoms with E-state index in [1.807, 2.05) is 0 Å². The van der Waals surface area contributed by atoms with Crippen LogP contribution in [0.4, 0.5) is 20.7 Å². The second kappa shape index (κ2) is 9.95. The third kappa shape index (κ3) is 5.05. The van der Waals surface area contributed by atoms with Crippen LogP contribution < -0.4 is 19.7 Å². The molecule has 1 fully saturated rings. The topological polar surface area (TPSA) is 151 Å². The first-order valence-corrected chi connectivity index (χ1v) is 11.7. The van der Waals surface area contributed by atoms with Gasteiger partial charge >= 0.3 is 17.9 Å². The van der Waals surface area contributed by atoms with Gasteiger partial charge in [0.15, 0.2) is 6.10 Å². The molecule has 3 aromatic rings. The van der Waals surface area contributed by atoms with Gasteiger partial charge in [0, 0.05) is 34.8 Å². The number of rotatable bonds is 7. The number of nitrogens with one attached hydrogen (secondary N) is 1. The van der Waals surface area contributed by atoms with Gasteiger partial charge in [0.2, 0.25) is 11.8 Å². The summed E-state index contributed by atoms with van der Waals surface area (Å²) in [6.07, 6.45) is -0.321. The van der Waals surface area contributed by atoms with E-state index in [9.17, 15) is 19.7 Å². The fraction of sp³-hybridized carbons (Fsp3) is 0.333. The van der Waals surface area contributed by atoms with E-state index >= 15 is 4.39 Å². The van der Waals surface area contributed by atoms with Crippen LogP contribution in [0.15, 0.2) is 36.5 Å². The molecule has 2 aromatic heterocycles. The molecule has 2 aliphatic heterocycles. The summed E-state index contributed by atoms with van der Waals surface area (Å²) in [7, 11) is 0. The van der Waals surface area contributed by atoms with Gasteiger partial charge in [-0.2, -0.15) is 0 Å². The molecular weight excluding hydrogens is 503 g/mol. The first-order valence-electron chi connectivity index (χ1n) is 11.7. The van der Waals surface area contributed by atoms with Crippen LogP contribution in [0.25, 0.3) is 11.1 Å². The van der Waals surface area contributed by atoms with Crippen molar-refractivity contribution in [1.82, 2.24) is 19.9 Å². The number of nitrogens with zero attached hydrogens (tertiary/aromatic N) is 5. The number of benzene rings is 1. The monoisotopic (exact) mass is 526 g/mol. The SMILES string of the molecule is CC(=O)NC[C@H]1CN(c2ccc(-c3ccc(O[C@@H]4COc5nc([N+](=O)[O-])cn5C4)nc3C)c(F)c2)C(=O)O1. The van der Waals surface area contributed by atoms with Gasteiger partial charge in [-0.1, -0.05) is 0 Å². The molecule has 0 radical (unpaired) electrons. The van der Waals surface area contributed by atoms with E-state index in [0.717, 1.165) is 0 Å². The van der Waals surface area contributed by atoms with Crippen LogP contribution in [0.1, 0.15) is 12.6 Å². The Kier molecular flexibility index (Phi) is 6.53. The minimum atomic E-state index is -0.615. The number of carbonyl (C=O) groups is 2. The standard InChI is InChI=1S/C24H23FN6O7/c1-13-18(5-6-22(27-13)37-17-9-29-11-21(31(34)35)28-23(29)36-12-17)19-4-3-15(7-20(19)25)30-10-16(38-24(30)33)8-26-14(2)32/h3-7,11,16-17H,8-10,12H2,1-2H3,(H,26,32)/t16-,17-/m0/s1. The second-order valence-corrected chi connectivity index (χ2v) is 8.84. The molecule has 38 heavy (non-hydrogen) atoms. The average Bonchev–Trinajstić information content (AvgIpc) is 3.46. The van der Waals surface area contributed by atoms with E-state index in [0.29, 0.717) is 34.9 Å². The largest absolute Gasteiger partial charge is 0.469 e. The fourth-order valence-electron chi connectivity index (χ4n) is 4.28. The first-order chi connectivity index (χ1) is 18.2. The molecule has 1 saturated heterocycles.